The van der Waals surface area contributed by atoms with Crippen molar-refractivity contribution in [3.8, 4) is 0 Å². The molecule has 0 fully saturated rings. The highest BCUT2D eigenvalue weighted by molar-refractivity contribution is 8.03. The molecule has 0 amide bonds. The minimum atomic E-state index is -4.08. The van der Waals surface area contributed by atoms with Crippen molar-refractivity contribution < 1.29 is 30.5 Å². The fraction of sp³-hybridized carbons (Fsp3) is 0.270. The van der Waals surface area contributed by atoms with Crippen molar-refractivity contribution in [2.75, 3.05) is 23.0 Å². The number of benzene rings is 4. The maximum atomic E-state index is 11.6. The van der Waals surface area contributed by atoms with Crippen LogP contribution in [0.1, 0.15) is 44.0 Å². The number of aryl methyl sites for hydroxylation is 1. The van der Waals surface area contributed by atoms with Crippen molar-refractivity contribution in [1.82, 2.24) is 0 Å². The van der Waals surface area contributed by atoms with E-state index in [1.807, 2.05) is 24.3 Å². The Labute approximate surface area is 295 Å². The summed E-state index contributed by atoms with van der Waals surface area (Å²) in [6.45, 7) is 3.07. The van der Waals surface area contributed by atoms with Crippen LogP contribution in [-0.2, 0) is 26.8 Å². The average Bonchev–Trinajstić information content (AvgIpc) is 3.59. The van der Waals surface area contributed by atoms with Crippen LogP contribution in [0.3, 0.4) is 0 Å². The fourth-order valence-corrected chi connectivity index (χ4v) is 10.3. The van der Waals surface area contributed by atoms with Crippen LogP contribution >= 0.6 is 23.1 Å². The number of allylic oxidation sites excluding steroid dienone is 4. The number of nitrogens with zero attached hydrogens (tertiary/aromatic N) is 2. The molecule has 8 nitrogen and oxygen atoms in total. The van der Waals surface area contributed by atoms with Gasteiger partial charge in [-0.25, -0.2) is 0 Å². The second-order valence-electron chi connectivity index (χ2n) is 12.5. The molecule has 0 unspecified atom stereocenters. The number of aromatic nitrogens is 1. The highest BCUT2D eigenvalue weighted by Gasteiger charge is 2.29. The van der Waals surface area contributed by atoms with Crippen molar-refractivity contribution in [3.63, 3.8) is 0 Å². The Hall–Kier alpha value is -3.52. The van der Waals surface area contributed by atoms with Gasteiger partial charge in [-0.05, 0) is 84.4 Å². The maximum absolute atomic E-state index is 11.6. The molecule has 0 saturated carbocycles. The summed E-state index contributed by atoms with van der Waals surface area (Å²) in [5.41, 5.74) is 5.78. The van der Waals surface area contributed by atoms with Crippen LogP contribution in [0.15, 0.2) is 106 Å². The molecular formula is C37H37N2O6S4+. The molecular weight excluding hydrogens is 697 g/mol. The van der Waals surface area contributed by atoms with E-state index in [4.69, 9.17) is 0 Å². The van der Waals surface area contributed by atoms with Crippen LogP contribution in [0.25, 0.3) is 37.8 Å². The summed E-state index contributed by atoms with van der Waals surface area (Å²) in [4.78, 5) is 3.32. The van der Waals surface area contributed by atoms with Crippen molar-refractivity contribution in [3.05, 3.63) is 106 Å². The average molecular weight is 734 g/mol. The van der Waals surface area contributed by atoms with Gasteiger partial charge >= 0.3 is 0 Å². The molecule has 2 aliphatic rings. The molecule has 2 heterocycles. The predicted molar refractivity (Wildman–Crippen MR) is 201 cm³/mol. The minimum Gasteiger partial charge on any atom is -0.334 e. The van der Waals surface area contributed by atoms with E-state index in [1.165, 1.54) is 16.7 Å². The fourth-order valence-electron chi connectivity index (χ4n) is 6.93. The van der Waals surface area contributed by atoms with Crippen LogP contribution < -0.4 is 9.47 Å². The summed E-state index contributed by atoms with van der Waals surface area (Å²) in [5.74, 6) is -0.601. The van der Waals surface area contributed by atoms with Crippen molar-refractivity contribution in [2.24, 2.45) is 0 Å². The number of thiazole rings is 1. The van der Waals surface area contributed by atoms with Gasteiger partial charge in [-0.15, -0.1) is 0 Å². The molecule has 7 rings (SSSR count). The van der Waals surface area contributed by atoms with E-state index in [0.717, 1.165) is 71.6 Å². The highest BCUT2D eigenvalue weighted by atomic mass is 32.2. The van der Waals surface area contributed by atoms with Crippen LogP contribution in [0, 0.1) is 0 Å². The highest BCUT2D eigenvalue weighted by Crippen LogP contribution is 2.50. The zero-order chi connectivity index (χ0) is 34.3. The van der Waals surface area contributed by atoms with Gasteiger partial charge in [-0.1, -0.05) is 77.7 Å². The van der Waals surface area contributed by atoms with Gasteiger partial charge in [0.15, 0.2) is 6.54 Å². The lowest BCUT2D eigenvalue weighted by Crippen LogP contribution is -2.36. The minimum absolute atomic E-state index is 0.292. The SMILES string of the molecule is CC1=C(C=C2Sc3ccc4ccccc4c3N2CCCS(=O)(=O)O)CCCC1=Cc1sc2ccc3ccccc3c2[n+]1CCCS(=O)(=O)O. The molecule has 49 heavy (non-hydrogen) atoms. The van der Waals surface area contributed by atoms with Gasteiger partial charge in [-0.2, -0.15) is 21.4 Å². The lowest BCUT2D eigenvalue weighted by molar-refractivity contribution is -0.667. The monoisotopic (exact) mass is 733 g/mol. The maximum Gasteiger partial charge on any atom is 0.265 e. The molecule has 4 aromatic carbocycles. The van der Waals surface area contributed by atoms with Gasteiger partial charge in [0.1, 0.15) is 4.70 Å². The molecule has 1 aliphatic heterocycles. The van der Waals surface area contributed by atoms with Gasteiger partial charge in [0.05, 0.1) is 27.6 Å². The molecule has 0 atom stereocenters. The van der Waals surface area contributed by atoms with E-state index < -0.39 is 20.2 Å². The number of hydrogen-bond acceptors (Lipinski definition) is 7. The number of fused-ring (bicyclic) bond motifs is 6. The quantitative estimate of drug-likeness (QED) is 0.109. The van der Waals surface area contributed by atoms with Crippen molar-refractivity contribution >= 4 is 86.9 Å². The summed E-state index contributed by atoms with van der Waals surface area (Å²) >= 11 is 3.37. The molecule has 1 aliphatic carbocycles. The first-order valence-electron chi connectivity index (χ1n) is 16.3. The smallest absolute Gasteiger partial charge is 0.265 e. The molecule has 0 saturated heterocycles. The molecule has 0 spiro atoms. The Morgan fingerprint density at radius 1 is 0.816 bits per heavy atom. The van der Waals surface area contributed by atoms with Crippen molar-refractivity contribution in [1.29, 1.82) is 0 Å². The molecule has 0 radical (unpaired) electrons. The number of rotatable bonds is 10. The lowest BCUT2D eigenvalue weighted by atomic mass is 9.88. The van der Waals surface area contributed by atoms with Gasteiger partial charge in [0.25, 0.3) is 25.2 Å². The van der Waals surface area contributed by atoms with Gasteiger partial charge in [0.2, 0.25) is 5.52 Å². The molecule has 2 N–H and O–H groups in total. The third-order valence-corrected chi connectivity index (χ3v) is 13.0. The molecule has 5 aromatic rings. The van der Waals surface area contributed by atoms with E-state index in [9.17, 15) is 25.9 Å². The van der Waals surface area contributed by atoms with E-state index >= 15 is 0 Å². The molecule has 1 aromatic heterocycles. The lowest BCUT2D eigenvalue weighted by Gasteiger charge is -2.24. The summed E-state index contributed by atoms with van der Waals surface area (Å²) in [6.07, 6.45) is 7.87. The molecule has 254 valence electrons. The summed E-state index contributed by atoms with van der Waals surface area (Å²) in [5, 5.41) is 6.50. The van der Waals surface area contributed by atoms with Crippen molar-refractivity contribution in [2.45, 2.75) is 50.5 Å². The Kier molecular flexibility index (Phi) is 9.46. The zero-order valence-electron chi connectivity index (χ0n) is 27.0. The summed E-state index contributed by atoms with van der Waals surface area (Å²) < 4.78 is 68.6. The third kappa shape index (κ3) is 7.35. The van der Waals surface area contributed by atoms with Crippen LogP contribution in [0.4, 0.5) is 5.69 Å². The van der Waals surface area contributed by atoms with Crippen LogP contribution in [0.2, 0.25) is 0 Å². The number of hydrogen-bond donors (Lipinski definition) is 2. The van der Waals surface area contributed by atoms with E-state index in [1.54, 1.807) is 23.1 Å². The molecule has 12 heteroatoms. The number of anilines is 1. The van der Waals surface area contributed by atoms with Crippen LogP contribution in [-0.4, -0.2) is 44.0 Å². The van der Waals surface area contributed by atoms with Crippen LogP contribution in [0.5, 0.6) is 0 Å². The Morgan fingerprint density at radius 2 is 1.49 bits per heavy atom. The van der Waals surface area contributed by atoms with Gasteiger partial charge in [-0.3, -0.25) is 9.11 Å². The summed E-state index contributed by atoms with van der Waals surface area (Å²) in [7, 11) is -8.16. The normalized spacial score (nSPS) is 17.3. The van der Waals surface area contributed by atoms with Gasteiger partial charge in [0, 0.05) is 29.3 Å². The van der Waals surface area contributed by atoms with E-state index in [2.05, 4.69) is 77.1 Å². The van der Waals surface area contributed by atoms with E-state index in [0.29, 0.717) is 25.9 Å². The first-order valence-corrected chi connectivity index (χ1v) is 21.1. The Bertz CT molecular complexity index is 2430. The zero-order valence-corrected chi connectivity index (χ0v) is 30.3. The third-order valence-electron chi connectivity index (χ3n) is 9.25. The predicted octanol–water partition coefficient (Wildman–Crippen LogP) is 8.39. The number of thioether (sulfide) groups is 1. The first kappa shape index (κ1) is 34.0. The Morgan fingerprint density at radius 3 is 2.24 bits per heavy atom. The first-order chi connectivity index (χ1) is 23.4. The summed E-state index contributed by atoms with van der Waals surface area (Å²) in [6, 6.07) is 24.9. The van der Waals surface area contributed by atoms with E-state index in [-0.39, 0.29) is 11.5 Å². The topological polar surface area (TPSA) is 116 Å². The molecule has 0 bridgehead atoms. The second kappa shape index (κ2) is 13.7. The standard InChI is InChI=1S/C37H36N2O6S4/c1-25-28(23-34-38(19-7-21-48(40,41)42)36-30-13-4-2-9-26(30)15-17-32(36)46-34)11-6-12-29(25)24-35-39(20-8-22-49(43,44)45)37-31-14-5-3-10-27(31)16-18-33(37)47-35/h2-5,9-10,13-18,23-24H,6-8,11-12,19-22H2,1H3,(H-,40,41,42,43,44,45)/p+1. The van der Waals surface area contributed by atoms with Gasteiger partial charge < -0.3 is 4.90 Å². The Balaban J connectivity index is 1.29. The largest absolute Gasteiger partial charge is 0.334 e. The second-order valence-corrected chi connectivity index (χ2v) is 17.8.